The molecule has 0 amide bonds. The number of ether oxygens (including phenoxy) is 1. The normalized spacial score (nSPS) is 9.69. The van der Waals surface area contributed by atoms with Crippen LogP contribution in [-0.4, -0.2) is 12.6 Å². The molecular weight excluding hydrogens is 164 g/mol. The zero-order valence-electron chi connectivity index (χ0n) is 7.91. The Hall–Kier alpha value is -1.31. The van der Waals surface area contributed by atoms with Crippen LogP contribution >= 0.6 is 0 Å². The molecular formula is C11H13O2. The van der Waals surface area contributed by atoms with Gasteiger partial charge in [-0.15, -0.1) is 0 Å². The van der Waals surface area contributed by atoms with Gasteiger partial charge in [-0.25, -0.2) is 4.79 Å². The molecule has 0 aliphatic carbocycles. The maximum absolute atomic E-state index is 11.4. The summed E-state index contributed by atoms with van der Waals surface area (Å²) < 4.78 is 4.91. The van der Waals surface area contributed by atoms with Crippen LogP contribution in [0.1, 0.15) is 29.8 Å². The summed E-state index contributed by atoms with van der Waals surface area (Å²) in [5.41, 5.74) is 1.55. The van der Waals surface area contributed by atoms with Crippen molar-refractivity contribution in [3.8, 4) is 0 Å². The van der Waals surface area contributed by atoms with Crippen LogP contribution in [-0.2, 0) is 4.74 Å². The van der Waals surface area contributed by atoms with Crippen molar-refractivity contribution < 1.29 is 9.53 Å². The number of carbonyl (C=O) groups is 1. The minimum Gasteiger partial charge on any atom is -0.462 e. The third kappa shape index (κ3) is 2.31. The topological polar surface area (TPSA) is 26.3 Å². The van der Waals surface area contributed by atoms with Crippen molar-refractivity contribution in [1.29, 1.82) is 0 Å². The van der Waals surface area contributed by atoms with Gasteiger partial charge in [-0.3, -0.25) is 0 Å². The Balaban J connectivity index is 2.92. The first-order chi connectivity index (χ1) is 6.29. The van der Waals surface area contributed by atoms with E-state index in [9.17, 15) is 4.79 Å². The van der Waals surface area contributed by atoms with Crippen molar-refractivity contribution in [2.24, 2.45) is 0 Å². The number of carbonyl (C=O) groups excluding carboxylic acids is 1. The highest BCUT2D eigenvalue weighted by atomic mass is 16.5. The van der Waals surface area contributed by atoms with Gasteiger partial charge < -0.3 is 4.74 Å². The molecule has 13 heavy (non-hydrogen) atoms. The van der Waals surface area contributed by atoms with Gasteiger partial charge >= 0.3 is 5.97 Å². The Labute approximate surface area is 78.5 Å². The lowest BCUT2D eigenvalue weighted by Crippen LogP contribution is -2.06. The average molecular weight is 177 g/mol. The van der Waals surface area contributed by atoms with Crippen LogP contribution in [0.3, 0.4) is 0 Å². The van der Waals surface area contributed by atoms with Crippen LogP contribution in [0.25, 0.3) is 0 Å². The number of hydrogen-bond donors (Lipinski definition) is 0. The Morgan fingerprint density at radius 3 is 2.77 bits per heavy atom. The van der Waals surface area contributed by atoms with Crippen LogP contribution in [0.2, 0.25) is 0 Å². The second kappa shape index (κ2) is 4.65. The predicted octanol–water partition coefficient (Wildman–Crippen LogP) is 2.44. The highest BCUT2D eigenvalue weighted by molar-refractivity contribution is 5.91. The van der Waals surface area contributed by atoms with E-state index < -0.39 is 0 Å². The van der Waals surface area contributed by atoms with Gasteiger partial charge in [0.2, 0.25) is 0 Å². The molecule has 1 aromatic rings. The van der Waals surface area contributed by atoms with E-state index in [-0.39, 0.29) is 5.97 Å². The van der Waals surface area contributed by atoms with Crippen LogP contribution < -0.4 is 0 Å². The first-order valence-corrected chi connectivity index (χ1v) is 4.35. The molecule has 1 rings (SSSR count). The SMILES string of the molecule is C[CH]c1ccccc1C(=O)OCC. The van der Waals surface area contributed by atoms with E-state index in [0.717, 1.165) is 5.56 Å². The fourth-order valence-corrected chi connectivity index (χ4v) is 1.14. The molecule has 0 fully saturated rings. The molecule has 69 valence electrons. The summed E-state index contributed by atoms with van der Waals surface area (Å²) in [7, 11) is 0. The monoisotopic (exact) mass is 177 g/mol. The minimum atomic E-state index is -0.254. The Morgan fingerprint density at radius 2 is 2.15 bits per heavy atom. The van der Waals surface area contributed by atoms with E-state index in [2.05, 4.69) is 0 Å². The van der Waals surface area contributed by atoms with Crippen molar-refractivity contribution in [1.82, 2.24) is 0 Å². The highest BCUT2D eigenvalue weighted by Crippen LogP contribution is 2.11. The molecule has 0 bridgehead atoms. The molecule has 0 atom stereocenters. The molecule has 0 heterocycles. The molecule has 2 nitrogen and oxygen atoms in total. The molecule has 0 spiro atoms. The van der Waals surface area contributed by atoms with Crippen molar-refractivity contribution in [3.63, 3.8) is 0 Å². The summed E-state index contributed by atoms with van der Waals surface area (Å²) in [5.74, 6) is -0.254. The molecule has 0 aliphatic heterocycles. The maximum Gasteiger partial charge on any atom is 0.338 e. The molecule has 1 radical (unpaired) electrons. The molecule has 0 saturated heterocycles. The number of rotatable bonds is 3. The van der Waals surface area contributed by atoms with E-state index in [4.69, 9.17) is 4.74 Å². The van der Waals surface area contributed by atoms with Crippen LogP contribution in [0.5, 0.6) is 0 Å². The summed E-state index contributed by atoms with van der Waals surface area (Å²) in [4.78, 5) is 11.4. The first-order valence-electron chi connectivity index (χ1n) is 4.35. The summed E-state index contributed by atoms with van der Waals surface area (Å²) in [5, 5.41) is 0. The Morgan fingerprint density at radius 1 is 1.46 bits per heavy atom. The molecule has 0 unspecified atom stereocenters. The predicted molar refractivity (Wildman–Crippen MR) is 51.5 cm³/mol. The van der Waals surface area contributed by atoms with E-state index in [1.807, 2.05) is 31.5 Å². The first kappa shape index (κ1) is 9.78. The second-order valence-electron chi connectivity index (χ2n) is 2.60. The highest BCUT2D eigenvalue weighted by Gasteiger charge is 2.09. The van der Waals surface area contributed by atoms with Crippen molar-refractivity contribution in [2.75, 3.05) is 6.61 Å². The summed E-state index contributed by atoms with van der Waals surface area (Å²) >= 11 is 0. The maximum atomic E-state index is 11.4. The van der Waals surface area contributed by atoms with E-state index >= 15 is 0 Å². The largest absolute Gasteiger partial charge is 0.462 e. The second-order valence-corrected chi connectivity index (χ2v) is 2.60. The van der Waals surface area contributed by atoms with Crippen LogP contribution in [0, 0.1) is 6.42 Å². The fraction of sp³-hybridized carbons (Fsp3) is 0.273. The van der Waals surface area contributed by atoms with Crippen molar-refractivity contribution >= 4 is 5.97 Å². The van der Waals surface area contributed by atoms with Crippen molar-refractivity contribution in [2.45, 2.75) is 13.8 Å². The smallest absolute Gasteiger partial charge is 0.338 e. The van der Waals surface area contributed by atoms with Gasteiger partial charge in [0, 0.05) is 0 Å². The standard InChI is InChI=1S/C11H13O2/c1-3-9-7-5-6-8-10(9)11(12)13-4-2/h3,5-8H,4H2,1-2H3. The zero-order valence-corrected chi connectivity index (χ0v) is 7.91. The molecule has 0 aliphatic rings. The van der Waals surface area contributed by atoms with Crippen LogP contribution in [0.4, 0.5) is 0 Å². The van der Waals surface area contributed by atoms with Gasteiger partial charge in [0.05, 0.1) is 12.2 Å². The quantitative estimate of drug-likeness (QED) is 0.663. The van der Waals surface area contributed by atoms with Gasteiger partial charge in [-0.2, -0.15) is 0 Å². The number of benzene rings is 1. The van der Waals surface area contributed by atoms with E-state index in [1.165, 1.54) is 0 Å². The van der Waals surface area contributed by atoms with Crippen molar-refractivity contribution in [3.05, 3.63) is 41.8 Å². The van der Waals surface area contributed by atoms with E-state index in [1.54, 1.807) is 13.0 Å². The van der Waals surface area contributed by atoms with Gasteiger partial charge in [0.1, 0.15) is 0 Å². The number of esters is 1. The van der Waals surface area contributed by atoms with E-state index in [0.29, 0.717) is 12.2 Å². The third-order valence-electron chi connectivity index (χ3n) is 1.77. The van der Waals surface area contributed by atoms with Crippen LogP contribution in [0.15, 0.2) is 24.3 Å². The lowest BCUT2D eigenvalue weighted by atomic mass is 10.1. The lowest BCUT2D eigenvalue weighted by Gasteiger charge is -2.05. The molecule has 0 N–H and O–H groups in total. The van der Waals surface area contributed by atoms with Gasteiger partial charge in [0.25, 0.3) is 0 Å². The molecule has 0 saturated carbocycles. The van der Waals surface area contributed by atoms with Gasteiger partial charge in [-0.1, -0.05) is 25.1 Å². The lowest BCUT2D eigenvalue weighted by molar-refractivity contribution is 0.0525. The Bertz CT molecular complexity index is 292. The summed E-state index contributed by atoms with van der Waals surface area (Å²) in [6.07, 6.45) is 1.90. The zero-order chi connectivity index (χ0) is 9.68. The fourth-order valence-electron chi connectivity index (χ4n) is 1.14. The Kier molecular flexibility index (Phi) is 3.50. The minimum absolute atomic E-state index is 0.254. The third-order valence-corrected chi connectivity index (χ3v) is 1.77. The number of hydrogen-bond acceptors (Lipinski definition) is 2. The van der Waals surface area contributed by atoms with Gasteiger partial charge in [-0.05, 0) is 25.0 Å². The summed E-state index contributed by atoms with van der Waals surface area (Å²) in [6, 6.07) is 7.40. The molecule has 0 aromatic heterocycles. The molecule has 2 heteroatoms. The summed E-state index contributed by atoms with van der Waals surface area (Å²) in [6.45, 7) is 4.12. The average Bonchev–Trinajstić information content (AvgIpc) is 2.18. The molecule has 1 aromatic carbocycles. The van der Waals surface area contributed by atoms with Gasteiger partial charge in [0.15, 0.2) is 0 Å².